The second-order valence-corrected chi connectivity index (χ2v) is 6.70. The molecule has 0 radical (unpaired) electrons. The van der Waals surface area contributed by atoms with E-state index in [4.69, 9.17) is 14.2 Å². The van der Waals surface area contributed by atoms with Crippen molar-refractivity contribution in [2.24, 2.45) is 0 Å². The van der Waals surface area contributed by atoms with Crippen LogP contribution in [0.2, 0.25) is 0 Å². The third kappa shape index (κ3) is 5.22. The van der Waals surface area contributed by atoms with Gasteiger partial charge in [-0.1, -0.05) is 29.8 Å². The van der Waals surface area contributed by atoms with Crippen LogP contribution in [0.4, 0.5) is 5.69 Å². The second kappa shape index (κ2) is 9.54. The molecule has 7 heteroatoms. The largest absolute Gasteiger partial charge is 0.374 e. The highest BCUT2D eigenvalue weighted by Gasteiger charge is 2.11. The highest BCUT2D eigenvalue weighted by molar-refractivity contribution is 5.79. The maximum atomic E-state index is 11.6. The number of methoxy groups -OCH3 is 2. The van der Waals surface area contributed by atoms with Crippen molar-refractivity contribution in [3.63, 3.8) is 0 Å². The number of benzene rings is 2. The first kappa shape index (κ1) is 20.1. The van der Waals surface area contributed by atoms with Crippen LogP contribution >= 0.6 is 0 Å². The van der Waals surface area contributed by atoms with Crippen LogP contribution in [-0.2, 0) is 20.8 Å². The fourth-order valence-corrected chi connectivity index (χ4v) is 3.13. The summed E-state index contributed by atoms with van der Waals surface area (Å²) in [7, 11) is 3.18. The Morgan fingerprint density at radius 1 is 1.04 bits per heavy atom. The van der Waals surface area contributed by atoms with E-state index in [2.05, 4.69) is 46.1 Å². The first-order valence-corrected chi connectivity index (χ1v) is 9.25. The molecule has 0 aliphatic rings. The summed E-state index contributed by atoms with van der Waals surface area (Å²) in [5.74, 6) is 0. The minimum Gasteiger partial charge on any atom is -0.374 e. The van der Waals surface area contributed by atoms with Crippen LogP contribution in [0.1, 0.15) is 11.1 Å². The van der Waals surface area contributed by atoms with Gasteiger partial charge in [0, 0.05) is 33.0 Å². The molecule has 0 aliphatic carbocycles. The number of aromatic nitrogens is 2. The second-order valence-electron chi connectivity index (χ2n) is 6.70. The number of hydrogen-bond acceptors (Lipinski definition) is 5. The number of nitrogens with one attached hydrogen (secondary N) is 2. The number of aryl methyl sites for hydroxylation is 1. The van der Waals surface area contributed by atoms with Gasteiger partial charge in [0.1, 0.15) is 0 Å². The summed E-state index contributed by atoms with van der Waals surface area (Å²) >= 11 is 0. The normalized spacial score (nSPS) is 11.4. The van der Waals surface area contributed by atoms with E-state index >= 15 is 0 Å². The summed E-state index contributed by atoms with van der Waals surface area (Å²) < 4.78 is 16.0. The van der Waals surface area contributed by atoms with Crippen LogP contribution in [0.15, 0.2) is 47.3 Å². The van der Waals surface area contributed by atoms with Crippen molar-refractivity contribution in [3.8, 4) is 0 Å². The maximum absolute atomic E-state index is 11.6. The van der Waals surface area contributed by atoms with E-state index in [-0.39, 0.29) is 12.0 Å². The van der Waals surface area contributed by atoms with Crippen molar-refractivity contribution < 1.29 is 14.2 Å². The van der Waals surface area contributed by atoms with Gasteiger partial charge in [-0.05, 0) is 30.7 Å². The van der Waals surface area contributed by atoms with Gasteiger partial charge in [0.15, 0.2) is 6.29 Å². The van der Waals surface area contributed by atoms with Crippen molar-refractivity contribution in [1.82, 2.24) is 9.97 Å². The fraction of sp³-hybridized carbons (Fsp3) is 0.381. The zero-order valence-electron chi connectivity index (χ0n) is 16.5. The van der Waals surface area contributed by atoms with E-state index in [0.717, 1.165) is 23.3 Å². The molecule has 150 valence electrons. The lowest BCUT2D eigenvalue weighted by molar-refractivity contribution is -0.139. The van der Waals surface area contributed by atoms with E-state index < -0.39 is 0 Å². The fourth-order valence-electron chi connectivity index (χ4n) is 3.13. The molecule has 0 spiro atoms. The average Bonchev–Trinajstić information content (AvgIpc) is 3.06. The number of rotatable bonds is 10. The number of fused-ring (bicyclic) bond motifs is 1. The molecule has 0 amide bonds. The third-order valence-corrected chi connectivity index (χ3v) is 4.61. The predicted octanol–water partition coefficient (Wildman–Crippen LogP) is 2.81. The minimum atomic E-state index is -0.369. The monoisotopic (exact) mass is 385 g/mol. The quantitative estimate of drug-likeness (QED) is 0.414. The van der Waals surface area contributed by atoms with Crippen molar-refractivity contribution in [2.75, 3.05) is 38.9 Å². The van der Waals surface area contributed by atoms with Gasteiger partial charge in [-0.15, -0.1) is 0 Å². The third-order valence-electron chi connectivity index (χ3n) is 4.61. The van der Waals surface area contributed by atoms with E-state index in [1.165, 1.54) is 11.1 Å². The number of anilines is 1. The molecule has 2 N–H and O–H groups in total. The van der Waals surface area contributed by atoms with Gasteiger partial charge in [0.2, 0.25) is 0 Å². The Morgan fingerprint density at radius 3 is 2.57 bits per heavy atom. The van der Waals surface area contributed by atoms with Gasteiger partial charge in [0.25, 0.3) is 0 Å². The topological polar surface area (TPSA) is 79.6 Å². The Labute approximate surface area is 164 Å². The lowest BCUT2D eigenvalue weighted by atomic mass is 10.1. The zero-order valence-corrected chi connectivity index (χ0v) is 16.5. The molecule has 0 atom stereocenters. The Hall–Kier alpha value is -2.61. The predicted molar refractivity (Wildman–Crippen MR) is 110 cm³/mol. The summed E-state index contributed by atoms with van der Waals surface area (Å²) in [5, 5.41) is 0. The van der Waals surface area contributed by atoms with Gasteiger partial charge in [0.05, 0.1) is 24.2 Å². The highest BCUT2D eigenvalue weighted by Crippen LogP contribution is 2.21. The molecule has 28 heavy (non-hydrogen) atoms. The molecular formula is C21H27N3O4. The number of nitrogens with zero attached hydrogens (tertiary/aromatic N) is 1. The lowest BCUT2D eigenvalue weighted by Gasteiger charge is -2.25. The molecule has 7 nitrogen and oxygen atoms in total. The highest BCUT2D eigenvalue weighted by atomic mass is 16.7. The Morgan fingerprint density at radius 2 is 1.82 bits per heavy atom. The number of imidazole rings is 1. The minimum absolute atomic E-state index is 0.203. The number of ether oxygens (including phenoxy) is 3. The molecule has 3 rings (SSSR count). The van der Waals surface area contributed by atoms with Gasteiger partial charge in [-0.25, -0.2) is 4.79 Å². The molecule has 0 bridgehead atoms. The van der Waals surface area contributed by atoms with Crippen molar-refractivity contribution in [1.29, 1.82) is 0 Å². The molecule has 0 unspecified atom stereocenters. The summed E-state index contributed by atoms with van der Waals surface area (Å²) in [6.45, 7) is 4.41. The van der Waals surface area contributed by atoms with E-state index in [1.807, 2.05) is 18.2 Å². The van der Waals surface area contributed by atoms with Gasteiger partial charge < -0.3 is 29.1 Å². The van der Waals surface area contributed by atoms with Crippen LogP contribution in [0.3, 0.4) is 0 Å². The molecule has 1 aromatic heterocycles. The summed E-state index contributed by atoms with van der Waals surface area (Å²) in [4.78, 5) is 19.4. The molecular weight excluding hydrogens is 358 g/mol. The maximum Gasteiger partial charge on any atom is 0.323 e. The molecule has 3 aromatic rings. The Bertz CT molecular complexity index is 946. The Kier molecular flexibility index (Phi) is 6.86. The van der Waals surface area contributed by atoms with Gasteiger partial charge in [-0.3, -0.25) is 0 Å². The first-order valence-electron chi connectivity index (χ1n) is 9.25. The SMILES string of the molecule is COC(COCCN(Cc1cccc(C)c1)c1ccc2[nH]c(=O)[nH]c2c1)OC. The van der Waals surface area contributed by atoms with Gasteiger partial charge in [-0.2, -0.15) is 0 Å². The zero-order chi connectivity index (χ0) is 19.9. The standard InChI is InChI=1S/C21H27N3O4/c1-15-5-4-6-16(11-15)13-24(9-10-28-14-20(26-2)27-3)17-7-8-18-19(12-17)23-21(25)22-18/h4-8,11-12,20H,9-10,13-14H2,1-3H3,(H2,22,23,25). The van der Waals surface area contributed by atoms with E-state index in [9.17, 15) is 4.79 Å². The van der Waals surface area contributed by atoms with Crippen molar-refractivity contribution in [3.05, 3.63) is 64.1 Å². The molecule has 0 saturated carbocycles. The average molecular weight is 385 g/mol. The van der Waals surface area contributed by atoms with E-state index in [1.54, 1.807) is 14.2 Å². The molecule has 0 saturated heterocycles. The Balaban J connectivity index is 1.75. The first-order chi connectivity index (χ1) is 13.6. The smallest absolute Gasteiger partial charge is 0.323 e. The van der Waals surface area contributed by atoms with Gasteiger partial charge >= 0.3 is 5.69 Å². The molecule has 0 aliphatic heterocycles. The van der Waals surface area contributed by atoms with Crippen LogP contribution in [0, 0.1) is 6.92 Å². The number of H-pyrrole nitrogens is 2. The molecule has 1 heterocycles. The number of hydrogen-bond donors (Lipinski definition) is 2. The van der Waals surface area contributed by atoms with Crippen LogP contribution < -0.4 is 10.6 Å². The summed E-state index contributed by atoms with van der Waals surface area (Å²) in [5.41, 5.74) is 4.84. The number of aromatic amines is 2. The van der Waals surface area contributed by atoms with Crippen molar-refractivity contribution in [2.45, 2.75) is 19.8 Å². The molecule has 0 fully saturated rings. The summed E-state index contributed by atoms with van der Waals surface area (Å²) in [6, 6.07) is 14.3. The molecule has 2 aromatic carbocycles. The summed E-state index contributed by atoms with van der Waals surface area (Å²) in [6.07, 6.45) is -0.369. The van der Waals surface area contributed by atoms with Crippen LogP contribution in [0.25, 0.3) is 11.0 Å². The lowest BCUT2D eigenvalue weighted by Crippen LogP contribution is -2.29. The van der Waals surface area contributed by atoms with Crippen molar-refractivity contribution >= 4 is 16.7 Å². The van der Waals surface area contributed by atoms with E-state index in [0.29, 0.717) is 19.8 Å². The van der Waals surface area contributed by atoms with Crippen LogP contribution in [0.5, 0.6) is 0 Å². The van der Waals surface area contributed by atoms with Crippen LogP contribution in [-0.4, -0.2) is 50.2 Å².